The molecule has 2 aliphatic rings. The second-order valence-corrected chi connectivity index (χ2v) is 7.63. The van der Waals surface area contributed by atoms with E-state index in [1.807, 2.05) is 44.2 Å². The molecular formula is C19H26N2O3. The zero-order chi connectivity index (χ0) is 17.3. The van der Waals surface area contributed by atoms with Gasteiger partial charge in [0.15, 0.2) is 0 Å². The van der Waals surface area contributed by atoms with E-state index in [1.165, 1.54) is 0 Å². The lowest BCUT2D eigenvalue weighted by Crippen LogP contribution is -2.48. The van der Waals surface area contributed by atoms with Crippen LogP contribution in [0.2, 0.25) is 0 Å². The first-order valence-corrected chi connectivity index (χ1v) is 8.69. The Morgan fingerprint density at radius 3 is 2.58 bits per heavy atom. The molecule has 2 fully saturated rings. The summed E-state index contributed by atoms with van der Waals surface area (Å²) in [6.07, 6.45) is 1.40. The summed E-state index contributed by atoms with van der Waals surface area (Å²) in [6, 6.07) is 9.26. The summed E-state index contributed by atoms with van der Waals surface area (Å²) in [6.45, 7) is 5.49. The first kappa shape index (κ1) is 17.0. The molecule has 0 aliphatic carbocycles. The van der Waals surface area contributed by atoms with Crippen molar-refractivity contribution in [2.45, 2.75) is 45.3 Å². The number of nitrogens with zero attached hydrogens (tertiary/aromatic N) is 2. The maximum atomic E-state index is 12.9. The Balaban J connectivity index is 1.67. The maximum Gasteiger partial charge on any atom is 0.245 e. The molecule has 2 aliphatic heterocycles. The number of aliphatic hydroxyl groups is 1. The smallest absolute Gasteiger partial charge is 0.245 e. The number of benzene rings is 1. The number of β-amino-alcohol motifs (C(OH)–C–C–N with tert-alkyl or cyclic N) is 1. The van der Waals surface area contributed by atoms with Gasteiger partial charge in [-0.2, -0.15) is 0 Å². The highest BCUT2D eigenvalue weighted by Crippen LogP contribution is 2.31. The summed E-state index contributed by atoms with van der Waals surface area (Å²) in [7, 11) is 0. The van der Waals surface area contributed by atoms with Crippen LogP contribution in [0.15, 0.2) is 30.3 Å². The van der Waals surface area contributed by atoms with E-state index in [-0.39, 0.29) is 23.3 Å². The number of rotatable bonds is 3. The lowest BCUT2D eigenvalue weighted by molar-refractivity contribution is -0.143. The van der Waals surface area contributed by atoms with Gasteiger partial charge >= 0.3 is 0 Å². The van der Waals surface area contributed by atoms with Crippen molar-refractivity contribution in [1.29, 1.82) is 0 Å². The first-order valence-electron chi connectivity index (χ1n) is 8.69. The second-order valence-electron chi connectivity index (χ2n) is 7.63. The van der Waals surface area contributed by atoms with E-state index in [1.54, 1.807) is 9.80 Å². The molecule has 0 spiro atoms. The number of hydrogen-bond acceptors (Lipinski definition) is 3. The summed E-state index contributed by atoms with van der Waals surface area (Å²) in [4.78, 5) is 29.0. The molecule has 3 rings (SSSR count). The van der Waals surface area contributed by atoms with Gasteiger partial charge in [0.25, 0.3) is 0 Å². The molecule has 2 amide bonds. The Kier molecular flexibility index (Phi) is 4.63. The van der Waals surface area contributed by atoms with E-state index in [2.05, 4.69) is 0 Å². The number of carbonyl (C=O) groups excluding carboxylic acids is 2. The molecule has 2 saturated heterocycles. The molecule has 1 aromatic carbocycles. The highest BCUT2D eigenvalue weighted by Gasteiger charge is 2.44. The van der Waals surface area contributed by atoms with Gasteiger partial charge in [-0.05, 0) is 18.4 Å². The van der Waals surface area contributed by atoms with Crippen molar-refractivity contribution in [1.82, 2.24) is 9.80 Å². The molecule has 2 atom stereocenters. The van der Waals surface area contributed by atoms with Crippen molar-refractivity contribution >= 4 is 11.8 Å². The Labute approximate surface area is 143 Å². The Bertz CT molecular complexity index is 614. The molecule has 5 nitrogen and oxygen atoms in total. The van der Waals surface area contributed by atoms with Crippen LogP contribution in [0.25, 0.3) is 0 Å². The van der Waals surface area contributed by atoms with E-state index < -0.39 is 6.10 Å². The third-order valence-corrected chi connectivity index (χ3v) is 5.26. The molecule has 0 saturated carbocycles. The average Bonchev–Trinajstić information content (AvgIpc) is 3.13. The first-order chi connectivity index (χ1) is 11.4. The molecule has 1 N–H and O–H groups in total. The molecule has 130 valence electrons. The molecule has 0 unspecified atom stereocenters. The standard InChI is InChI=1S/C19H26N2O3/c1-19(2)13-20(12-16(19)22)18(24)15-9-6-10-21(15)17(23)11-14-7-4-3-5-8-14/h3-5,7-8,15-16,22H,6,9-13H2,1-2H3/t15-,16+/m1/s1. The normalized spacial score (nSPS) is 26.0. The van der Waals surface area contributed by atoms with E-state index >= 15 is 0 Å². The van der Waals surface area contributed by atoms with Crippen molar-refractivity contribution in [3.63, 3.8) is 0 Å². The molecule has 24 heavy (non-hydrogen) atoms. The molecule has 0 aromatic heterocycles. The Morgan fingerprint density at radius 1 is 1.25 bits per heavy atom. The van der Waals surface area contributed by atoms with E-state index in [0.29, 0.717) is 32.5 Å². The summed E-state index contributed by atoms with van der Waals surface area (Å²) >= 11 is 0. The summed E-state index contributed by atoms with van der Waals surface area (Å²) < 4.78 is 0. The minimum Gasteiger partial charge on any atom is -0.391 e. The van der Waals surface area contributed by atoms with Gasteiger partial charge in [0.05, 0.1) is 12.5 Å². The number of hydrogen-bond donors (Lipinski definition) is 1. The van der Waals surface area contributed by atoms with Gasteiger partial charge in [0.1, 0.15) is 6.04 Å². The van der Waals surface area contributed by atoms with E-state index in [9.17, 15) is 14.7 Å². The zero-order valence-corrected chi connectivity index (χ0v) is 14.4. The fourth-order valence-corrected chi connectivity index (χ4v) is 3.69. The predicted octanol–water partition coefficient (Wildman–Crippen LogP) is 1.45. The SMILES string of the molecule is CC1(C)CN(C(=O)[C@H]2CCCN2C(=O)Cc2ccccc2)C[C@@H]1O. The molecule has 0 radical (unpaired) electrons. The number of aliphatic hydroxyl groups excluding tert-OH is 1. The molecule has 1 aromatic rings. The van der Waals surface area contributed by atoms with Crippen molar-refractivity contribution < 1.29 is 14.7 Å². The highest BCUT2D eigenvalue weighted by molar-refractivity contribution is 5.89. The van der Waals surface area contributed by atoms with Crippen molar-refractivity contribution in [2.75, 3.05) is 19.6 Å². The third kappa shape index (κ3) is 3.31. The fourth-order valence-electron chi connectivity index (χ4n) is 3.69. The van der Waals surface area contributed by atoms with Crippen LogP contribution in [0.3, 0.4) is 0 Å². The highest BCUT2D eigenvalue weighted by atomic mass is 16.3. The minimum absolute atomic E-state index is 0.0102. The van der Waals surface area contributed by atoms with Crippen LogP contribution >= 0.6 is 0 Å². The van der Waals surface area contributed by atoms with Crippen molar-refractivity contribution in [3.8, 4) is 0 Å². The number of carbonyl (C=O) groups is 2. The molecule has 2 heterocycles. The Morgan fingerprint density at radius 2 is 1.96 bits per heavy atom. The zero-order valence-electron chi connectivity index (χ0n) is 14.4. The lowest BCUT2D eigenvalue weighted by atomic mass is 9.90. The summed E-state index contributed by atoms with van der Waals surface area (Å²) in [5.74, 6) is -0.00501. The quantitative estimate of drug-likeness (QED) is 0.912. The average molecular weight is 330 g/mol. The minimum atomic E-state index is -0.503. The van der Waals surface area contributed by atoms with E-state index in [0.717, 1.165) is 12.0 Å². The number of amides is 2. The molecule has 5 heteroatoms. The largest absolute Gasteiger partial charge is 0.391 e. The fraction of sp³-hybridized carbons (Fsp3) is 0.579. The van der Waals surface area contributed by atoms with Crippen molar-refractivity contribution in [2.24, 2.45) is 5.41 Å². The number of likely N-dealkylation sites (tertiary alicyclic amines) is 2. The van der Waals surface area contributed by atoms with Crippen LogP contribution in [0.1, 0.15) is 32.3 Å². The van der Waals surface area contributed by atoms with E-state index in [4.69, 9.17) is 0 Å². The van der Waals surface area contributed by atoms with Gasteiger partial charge in [0.2, 0.25) is 11.8 Å². The summed E-state index contributed by atoms with van der Waals surface area (Å²) in [5.41, 5.74) is 0.686. The predicted molar refractivity (Wildman–Crippen MR) is 91.2 cm³/mol. The Hall–Kier alpha value is -1.88. The molecule has 0 bridgehead atoms. The van der Waals surface area contributed by atoms with Crippen molar-refractivity contribution in [3.05, 3.63) is 35.9 Å². The third-order valence-electron chi connectivity index (χ3n) is 5.26. The van der Waals surface area contributed by atoms with Gasteiger partial charge in [0, 0.05) is 25.0 Å². The van der Waals surface area contributed by atoms with Gasteiger partial charge in [-0.15, -0.1) is 0 Å². The van der Waals surface area contributed by atoms with Gasteiger partial charge in [-0.25, -0.2) is 0 Å². The van der Waals surface area contributed by atoms with Crippen LogP contribution in [0, 0.1) is 5.41 Å². The lowest BCUT2D eigenvalue weighted by Gasteiger charge is -2.28. The maximum absolute atomic E-state index is 12.9. The summed E-state index contributed by atoms with van der Waals surface area (Å²) in [5, 5.41) is 10.1. The van der Waals surface area contributed by atoms with Crippen LogP contribution in [0.5, 0.6) is 0 Å². The van der Waals surface area contributed by atoms with Crippen LogP contribution in [-0.2, 0) is 16.0 Å². The van der Waals surface area contributed by atoms with Crippen LogP contribution in [-0.4, -0.2) is 58.5 Å². The topological polar surface area (TPSA) is 60.9 Å². The van der Waals surface area contributed by atoms with Gasteiger partial charge in [-0.1, -0.05) is 44.2 Å². The van der Waals surface area contributed by atoms with Crippen LogP contribution in [0.4, 0.5) is 0 Å². The van der Waals surface area contributed by atoms with Gasteiger partial charge < -0.3 is 14.9 Å². The van der Waals surface area contributed by atoms with Gasteiger partial charge in [-0.3, -0.25) is 9.59 Å². The molecular weight excluding hydrogens is 304 g/mol. The second kappa shape index (κ2) is 6.55. The monoisotopic (exact) mass is 330 g/mol. The van der Waals surface area contributed by atoms with Crippen LogP contribution < -0.4 is 0 Å².